The Morgan fingerprint density at radius 3 is 1.79 bits per heavy atom. The van der Waals surface area contributed by atoms with Crippen molar-refractivity contribution in [2.24, 2.45) is 0 Å². The van der Waals surface area contributed by atoms with Gasteiger partial charge in [0.05, 0.1) is 26.7 Å². The molecule has 1 fully saturated rings. The molecule has 1 saturated heterocycles. The van der Waals surface area contributed by atoms with Gasteiger partial charge >= 0.3 is 0 Å². The van der Waals surface area contributed by atoms with Crippen molar-refractivity contribution in [2.45, 2.75) is 77.6 Å². The Labute approximate surface area is 121 Å². The standard InChI is InChI=1S/C16H34N.CN/c1-3-4-5-6-7-8-9-11-14-17(2)15-12-10-13-16-17;1-2/h3-16H2,1-2H3;/q+1;-1. The highest BCUT2D eigenvalue weighted by molar-refractivity contribution is 4.53. The summed E-state index contributed by atoms with van der Waals surface area (Å²) < 4.78 is 1.37. The molecule has 0 N–H and O–H groups in total. The second kappa shape index (κ2) is 12.5. The SMILES string of the molecule is CCCCCCCCCC[N+]1(C)CCCCC1.[C-]#N. The summed E-state index contributed by atoms with van der Waals surface area (Å²) in [6.07, 6.45) is 16.0. The highest BCUT2D eigenvalue weighted by atomic mass is 15.3. The number of quaternary nitrogens is 1. The fraction of sp³-hybridized carbons (Fsp3) is 0.941. The molecule has 0 aromatic carbocycles. The van der Waals surface area contributed by atoms with E-state index in [-0.39, 0.29) is 0 Å². The van der Waals surface area contributed by atoms with Crippen molar-refractivity contribution in [3.05, 3.63) is 6.57 Å². The zero-order valence-corrected chi connectivity index (χ0v) is 13.3. The van der Waals surface area contributed by atoms with Crippen LogP contribution in [0, 0.1) is 11.8 Å². The minimum atomic E-state index is 1.37. The summed E-state index contributed by atoms with van der Waals surface area (Å²) in [5.74, 6) is 0. The van der Waals surface area contributed by atoms with Crippen LogP contribution in [0.1, 0.15) is 77.6 Å². The first-order valence-corrected chi connectivity index (χ1v) is 8.33. The van der Waals surface area contributed by atoms with Crippen molar-refractivity contribution in [1.82, 2.24) is 0 Å². The van der Waals surface area contributed by atoms with E-state index in [4.69, 9.17) is 11.8 Å². The lowest BCUT2D eigenvalue weighted by Gasteiger charge is -2.37. The monoisotopic (exact) mass is 266 g/mol. The van der Waals surface area contributed by atoms with Gasteiger partial charge in [-0.1, -0.05) is 45.4 Å². The van der Waals surface area contributed by atoms with Crippen LogP contribution in [0.3, 0.4) is 0 Å². The molecule has 0 bridgehead atoms. The van der Waals surface area contributed by atoms with Gasteiger partial charge in [-0.3, -0.25) is 0 Å². The van der Waals surface area contributed by atoms with Gasteiger partial charge < -0.3 is 16.3 Å². The summed E-state index contributed by atoms with van der Waals surface area (Å²) in [6, 6.07) is 0. The Kier molecular flexibility index (Phi) is 12.1. The molecular weight excluding hydrogens is 232 g/mol. The van der Waals surface area contributed by atoms with Crippen LogP contribution >= 0.6 is 0 Å². The molecule has 112 valence electrons. The van der Waals surface area contributed by atoms with Crippen LogP contribution in [0.5, 0.6) is 0 Å². The van der Waals surface area contributed by atoms with Crippen molar-refractivity contribution in [3.63, 3.8) is 0 Å². The van der Waals surface area contributed by atoms with E-state index >= 15 is 0 Å². The van der Waals surface area contributed by atoms with Crippen molar-refractivity contribution in [1.29, 1.82) is 5.26 Å². The summed E-state index contributed by atoms with van der Waals surface area (Å²) in [5.41, 5.74) is 0. The lowest BCUT2D eigenvalue weighted by atomic mass is 10.1. The molecule has 0 saturated carbocycles. The first kappa shape index (κ1) is 18.4. The molecule has 1 aliphatic rings. The van der Waals surface area contributed by atoms with E-state index < -0.39 is 0 Å². The molecule has 0 amide bonds. The van der Waals surface area contributed by atoms with Gasteiger partial charge in [-0.25, -0.2) is 0 Å². The fourth-order valence-electron chi connectivity index (χ4n) is 3.13. The third-order valence-corrected chi connectivity index (χ3v) is 4.45. The number of rotatable bonds is 9. The van der Waals surface area contributed by atoms with E-state index in [0.29, 0.717) is 0 Å². The average molecular weight is 266 g/mol. The Bertz CT molecular complexity index is 205. The molecule has 2 nitrogen and oxygen atoms in total. The van der Waals surface area contributed by atoms with Crippen LogP contribution in [-0.4, -0.2) is 31.2 Å². The minimum absolute atomic E-state index is 1.37. The maximum atomic E-state index is 6.25. The van der Waals surface area contributed by atoms with E-state index in [1.165, 1.54) is 94.7 Å². The maximum Gasteiger partial charge on any atom is 0.0784 e. The van der Waals surface area contributed by atoms with Gasteiger partial charge in [-0.05, 0) is 32.1 Å². The molecule has 0 aromatic heterocycles. The summed E-state index contributed by atoms with van der Waals surface area (Å²) in [6.45, 7) is 11.4. The lowest BCUT2D eigenvalue weighted by molar-refractivity contribution is -0.914. The van der Waals surface area contributed by atoms with E-state index in [2.05, 4.69) is 14.0 Å². The topological polar surface area (TPSA) is 23.8 Å². The summed E-state index contributed by atoms with van der Waals surface area (Å²) in [4.78, 5) is 0. The molecule has 19 heavy (non-hydrogen) atoms. The van der Waals surface area contributed by atoms with Crippen molar-refractivity contribution < 1.29 is 4.48 Å². The van der Waals surface area contributed by atoms with E-state index in [1.54, 1.807) is 0 Å². The van der Waals surface area contributed by atoms with Gasteiger partial charge in [0.25, 0.3) is 0 Å². The number of hydrogen-bond donors (Lipinski definition) is 0. The van der Waals surface area contributed by atoms with Gasteiger partial charge in [0.1, 0.15) is 0 Å². The summed E-state index contributed by atoms with van der Waals surface area (Å²) >= 11 is 0. The maximum absolute atomic E-state index is 6.25. The van der Waals surface area contributed by atoms with E-state index in [1.807, 2.05) is 0 Å². The normalized spacial score (nSPS) is 17.5. The molecule has 1 heterocycles. The van der Waals surface area contributed by atoms with Gasteiger partial charge in [-0.2, -0.15) is 0 Å². The molecule has 0 aliphatic carbocycles. The molecule has 1 aliphatic heterocycles. The Hall–Kier alpha value is -0.550. The molecule has 0 radical (unpaired) electrons. The fourth-order valence-corrected chi connectivity index (χ4v) is 3.13. The van der Waals surface area contributed by atoms with Gasteiger partial charge in [0.15, 0.2) is 0 Å². The number of piperidine rings is 1. The number of nitrogens with zero attached hydrogens (tertiary/aromatic N) is 2. The van der Waals surface area contributed by atoms with E-state index in [9.17, 15) is 0 Å². The first-order valence-electron chi connectivity index (χ1n) is 8.33. The average Bonchev–Trinajstić information content (AvgIpc) is 2.45. The molecule has 0 aromatic rings. The van der Waals surface area contributed by atoms with Crippen LogP contribution in [0.25, 0.3) is 0 Å². The molecule has 2 heteroatoms. The number of likely N-dealkylation sites (tertiary alicyclic amines) is 1. The van der Waals surface area contributed by atoms with Gasteiger partial charge in [0, 0.05) is 0 Å². The smallest absolute Gasteiger partial charge is 0.0784 e. The summed E-state index contributed by atoms with van der Waals surface area (Å²) in [7, 11) is 2.47. The van der Waals surface area contributed by atoms with Crippen LogP contribution in [0.15, 0.2) is 0 Å². The Morgan fingerprint density at radius 1 is 0.789 bits per heavy atom. The van der Waals surface area contributed by atoms with Crippen LogP contribution < -0.4 is 0 Å². The molecule has 0 atom stereocenters. The minimum Gasteiger partial charge on any atom is -0.512 e. The molecule has 0 unspecified atom stereocenters. The molecule has 1 rings (SSSR count). The van der Waals surface area contributed by atoms with Gasteiger partial charge in [-0.15, -0.1) is 0 Å². The second-order valence-electron chi connectivity index (χ2n) is 6.33. The molecule has 0 spiro atoms. The predicted molar refractivity (Wildman–Crippen MR) is 82.2 cm³/mol. The zero-order chi connectivity index (χ0) is 14.4. The molecular formula is C17H34N2. The van der Waals surface area contributed by atoms with Crippen LogP contribution in [0.4, 0.5) is 0 Å². The number of unbranched alkanes of at least 4 members (excludes halogenated alkanes) is 7. The third-order valence-electron chi connectivity index (χ3n) is 4.45. The Balaban J connectivity index is 0.00000154. The Morgan fingerprint density at radius 2 is 1.26 bits per heavy atom. The van der Waals surface area contributed by atoms with Crippen molar-refractivity contribution in [3.8, 4) is 0 Å². The summed E-state index contributed by atoms with van der Waals surface area (Å²) in [5, 5.41) is 6.25. The quantitative estimate of drug-likeness (QED) is 0.332. The van der Waals surface area contributed by atoms with Crippen molar-refractivity contribution in [2.75, 3.05) is 26.7 Å². The highest BCUT2D eigenvalue weighted by Crippen LogP contribution is 2.18. The highest BCUT2D eigenvalue weighted by Gasteiger charge is 2.23. The predicted octanol–water partition coefficient (Wildman–Crippen LogP) is 4.85. The lowest BCUT2D eigenvalue weighted by Crippen LogP contribution is -2.48. The first-order chi connectivity index (χ1) is 9.27. The van der Waals surface area contributed by atoms with Crippen molar-refractivity contribution >= 4 is 0 Å². The third kappa shape index (κ3) is 9.96. The van der Waals surface area contributed by atoms with Gasteiger partial charge in [0.2, 0.25) is 0 Å². The number of hydrogen-bond acceptors (Lipinski definition) is 1. The van der Waals surface area contributed by atoms with Crippen LogP contribution in [-0.2, 0) is 0 Å². The second-order valence-corrected chi connectivity index (χ2v) is 6.33. The zero-order valence-electron chi connectivity index (χ0n) is 13.3. The largest absolute Gasteiger partial charge is 0.512 e. The van der Waals surface area contributed by atoms with E-state index in [0.717, 1.165) is 0 Å². The van der Waals surface area contributed by atoms with Crippen LogP contribution in [0.2, 0.25) is 0 Å².